The van der Waals surface area contributed by atoms with Crippen molar-refractivity contribution in [2.45, 2.75) is 21.9 Å². The summed E-state index contributed by atoms with van der Waals surface area (Å²) in [6, 6.07) is 21.9. The number of ether oxygens (including phenoxy) is 1. The standard InChI is InChI=1S/C26H23N3O5S2/c1-17-8-10-18(11-9-17)23-28-24(25(29-23)36(32,33)21-6-4-3-5-7-21)35-16-22(30)27-20-14-12-19(13-15-20)26(31)34-2/h3-15H,16H2,1-2H3,(H,27,30)(H,28,29). The lowest BCUT2D eigenvalue weighted by atomic mass is 10.1. The van der Waals surface area contributed by atoms with Gasteiger partial charge >= 0.3 is 5.97 Å². The summed E-state index contributed by atoms with van der Waals surface area (Å²) in [7, 11) is -2.61. The number of aryl methyl sites for hydroxylation is 1. The van der Waals surface area contributed by atoms with E-state index >= 15 is 0 Å². The van der Waals surface area contributed by atoms with Crippen LogP contribution in [-0.4, -0.2) is 43.1 Å². The maximum absolute atomic E-state index is 13.4. The first-order chi connectivity index (χ1) is 17.3. The number of carbonyl (C=O) groups excluding carboxylic acids is 2. The van der Waals surface area contributed by atoms with Crippen molar-refractivity contribution >= 4 is 39.2 Å². The van der Waals surface area contributed by atoms with Gasteiger partial charge in [-0.25, -0.2) is 18.2 Å². The van der Waals surface area contributed by atoms with E-state index in [2.05, 4.69) is 20.0 Å². The van der Waals surface area contributed by atoms with Crippen LogP contribution >= 0.6 is 11.8 Å². The SMILES string of the molecule is COC(=O)c1ccc(NC(=O)CSc2nc(-c3ccc(C)cc3)[nH]c2S(=O)(=O)c2ccccc2)cc1. The van der Waals surface area contributed by atoms with Crippen LogP contribution in [0, 0.1) is 6.92 Å². The summed E-state index contributed by atoms with van der Waals surface area (Å²) >= 11 is 1.02. The minimum absolute atomic E-state index is 0.0653. The fourth-order valence-corrected chi connectivity index (χ4v) is 5.77. The van der Waals surface area contributed by atoms with Crippen LogP contribution in [-0.2, 0) is 19.4 Å². The fraction of sp³-hybridized carbons (Fsp3) is 0.115. The minimum atomic E-state index is -3.90. The number of thioether (sulfide) groups is 1. The molecule has 0 unspecified atom stereocenters. The van der Waals surface area contributed by atoms with Gasteiger partial charge in [0.15, 0.2) is 5.03 Å². The third-order valence-corrected chi connectivity index (χ3v) is 8.05. The number of aromatic amines is 1. The van der Waals surface area contributed by atoms with Gasteiger partial charge in [0.1, 0.15) is 10.9 Å². The van der Waals surface area contributed by atoms with E-state index < -0.39 is 15.8 Å². The molecular weight excluding hydrogens is 498 g/mol. The second-order valence-electron chi connectivity index (χ2n) is 7.81. The van der Waals surface area contributed by atoms with E-state index in [4.69, 9.17) is 0 Å². The predicted molar refractivity (Wildman–Crippen MR) is 138 cm³/mol. The number of imidazole rings is 1. The van der Waals surface area contributed by atoms with Gasteiger partial charge in [0.25, 0.3) is 0 Å². The quantitative estimate of drug-likeness (QED) is 0.254. The van der Waals surface area contributed by atoms with E-state index in [1.165, 1.54) is 19.2 Å². The van der Waals surface area contributed by atoms with Crippen LogP contribution in [0.25, 0.3) is 11.4 Å². The number of hydrogen-bond acceptors (Lipinski definition) is 7. The van der Waals surface area contributed by atoms with E-state index in [0.717, 1.165) is 22.9 Å². The monoisotopic (exact) mass is 521 g/mol. The Labute approximate surface area is 213 Å². The van der Waals surface area contributed by atoms with Gasteiger partial charge in [0, 0.05) is 11.3 Å². The number of benzene rings is 3. The number of nitrogens with one attached hydrogen (secondary N) is 2. The van der Waals surface area contributed by atoms with Gasteiger partial charge in [-0.3, -0.25) is 4.79 Å². The molecule has 10 heteroatoms. The van der Waals surface area contributed by atoms with Crippen LogP contribution < -0.4 is 5.32 Å². The van der Waals surface area contributed by atoms with Crippen molar-refractivity contribution in [2.24, 2.45) is 0 Å². The number of esters is 1. The highest BCUT2D eigenvalue weighted by Gasteiger charge is 2.26. The van der Waals surface area contributed by atoms with Crippen molar-refractivity contribution in [1.29, 1.82) is 0 Å². The third kappa shape index (κ3) is 5.67. The maximum atomic E-state index is 13.4. The van der Waals surface area contributed by atoms with Gasteiger partial charge in [-0.2, -0.15) is 0 Å². The molecule has 0 saturated carbocycles. The molecule has 8 nitrogen and oxygen atoms in total. The first-order valence-corrected chi connectivity index (χ1v) is 13.3. The summed E-state index contributed by atoms with van der Waals surface area (Å²) in [6.07, 6.45) is 0. The van der Waals surface area contributed by atoms with E-state index in [0.29, 0.717) is 17.1 Å². The lowest BCUT2D eigenvalue weighted by Gasteiger charge is -2.07. The highest BCUT2D eigenvalue weighted by atomic mass is 32.2. The molecule has 0 spiro atoms. The van der Waals surface area contributed by atoms with Gasteiger partial charge in [-0.15, -0.1) is 0 Å². The van der Waals surface area contributed by atoms with Crippen LogP contribution in [0.1, 0.15) is 15.9 Å². The van der Waals surface area contributed by atoms with Crippen molar-refractivity contribution in [3.63, 3.8) is 0 Å². The number of aromatic nitrogens is 2. The summed E-state index contributed by atoms with van der Waals surface area (Å²) in [5.74, 6) is -0.507. The molecule has 1 aromatic heterocycles. The first-order valence-electron chi connectivity index (χ1n) is 10.9. The Bertz CT molecular complexity index is 1480. The predicted octanol–water partition coefficient (Wildman–Crippen LogP) is 4.74. The summed E-state index contributed by atoms with van der Waals surface area (Å²) in [4.78, 5) is 31.8. The maximum Gasteiger partial charge on any atom is 0.337 e. The summed E-state index contributed by atoms with van der Waals surface area (Å²) < 4.78 is 31.4. The summed E-state index contributed by atoms with van der Waals surface area (Å²) in [6.45, 7) is 1.96. The second kappa shape index (κ2) is 10.8. The van der Waals surface area contributed by atoms with Gasteiger partial charge in [0.2, 0.25) is 15.7 Å². The van der Waals surface area contributed by atoms with Gasteiger partial charge < -0.3 is 15.0 Å². The molecule has 0 fully saturated rings. The van der Waals surface area contributed by atoms with E-state index in [-0.39, 0.29) is 26.6 Å². The Morgan fingerprint density at radius 3 is 2.28 bits per heavy atom. The molecule has 0 aliphatic rings. The molecule has 36 heavy (non-hydrogen) atoms. The van der Waals surface area contributed by atoms with Crippen LogP contribution in [0.2, 0.25) is 0 Å². The molecule has 4 aromatic rings. The molecule has 3 aromatic carbocycles. The molecule has 0 bridgehead atoms. The number of rotatable bonds is 8. The van der Waals surface area contributed by atoms with Gasteiger partial charge in [-0.05, 0) is 43.3 Å². The van der Waals surface area contributed by atoms with Crippen molar-refractivity contribution in [3.05, 3.63) is 90.0 Å². The Morgan fingerprint density at radius 2 is 1.64 bits per heavy atom. The number of nitrogens with zero attached hydrogens (tertiary/aromatic N) is 1. The van der Waals surface area contributed by atoms with E-state index in [9.17, 15) is 18.0 Å². The molecule has 184 valence electrons. The zero-order valence-corrected chi connectivity index (χ0v) is 21.2. The molecule has 1 heterocycles. The number of methoxy groups -OCH3 is 1. The van der Waals surface area contributed by atoms with Crippen molar-refractivity contribution in [2.75, 3.05) is 18.2 Å². The largest absolute Gasteiger partial charge is 0.465 e. The molecule has 1 amide bonds. The molecule has 0 aliphatic heterocycles. The lowest BCUT2D eigenvalue weighted by Crippen LogP contribution is -2.14. The third-order valence-electron chi connectivity index (χ3n) is 5.22. The van der Waals surface area contributed by atoms with Crippen LogP contribution in [0.4, 0.5) is 5.69 Å². The van der Waals surface area contributed by atoms with E-state index in [1.807, 2.05) is 31.2 Å². The average Bonchev–Trinajstić information content (AvgIpc) is 3.33. The lowest BCUT2D eigenvalue weighted by molar-refractivity contribution is -0.113. The molecule has 2 N–H and O–H groups in total. The number of carbonyl (C=O) groups is 2. The first kappa shape index (κ1) is 25.2. The molecule has 4 rings (SSSR count). The van der Waals surface area contributed by atoms with Crippen LogP contribution in [0.3, 0.4) is 0 Å². The highest BCUT2D eigenvalue weighted by molar-refractivity contribution is 8.00. The Hall–Kier alpha value is -3.89. The summed E-state index contributed by atoms with van der Waals surface area (Å²) in [5, 5.41) is 2.87. The second-order valence-corrected chi connectivity index (χ2v) is 10.7. The Kier molecular flexibility index (Phi) is 7.56. The smallest absolute Gasteiger partial charge is 0.337 e. The van der Waals surface area contributed by atoms with Gasteiger partial charge in [-0.1, -0.05) is 59.8 Å². The topological polar surface area (TPSA) is 118 Å². The van der Waals surface area contributed by atoms with Gasteiger partial charge in [0.05, 0.1) is 23.3 Å². The zero-order chi connectivity index (χ0) is 25.7. The average molecular weight is 522 g/mol. The molecule has 0 atom stereocenters. The zero-order valence-electron chi connectivity index (χ0n) is 19.5. The van der Waals surface area contributed by atoms with Crippen molar-refractivity contribution in [3.8, 4) is 11.4 Å². The fourth-order valence-electron chi connectivity index (χ4n) is 3.33. The Balaban J connectivity index is 1.57. The van der Waals surface area contributed by atoms with E-state index in [1.54, 1.807) is 42.5 Å². The van der Waals surface area contributed by atoms with Crippen LogP contribution in [0.15, 0.2) is 93.8 Å². The summed E-state index contributed by atoms with van der Waals surface area (Å²) in [5.41, 5.74) is 2.65. The number of hydrogen-bond donors (Lipinski definition) is 2. The molecule has 0 saturated heterocycles. The molecule has 0 radical (unpaired) electrons. The number of amides is 1. The molecule has 0 aliphatic carbocycles. The van der Waals surface area contributed by atoms with Crippen LogP contribution in [0.5, 0.6) is 0 Å². The normalized spacial score (nSPS) is 11.2. The van der Waals surface area contributed by atoms with Crippen molar-refractivity contribution < 1.29 is 22.7 Å². The number of sulfone groups is 1. The molecular formula is C26H23N3O5S2. The van der Waals surface area contributed by atoms with Crippen molar-refractivity contribution in [1.82, 2.24) is 9.97 Å². The minimum Gasteiger partial charge on any atom is -0.465 e. The number of H-pyrrole nitrogens is 1. The number of anilines is 1. The Morgan fingerprint density at radius 1 is 0.972 bits per heavy atom. The highest BCUT2D eigenvalue weighted by Crippen LogP contribution is 2.32.